The van der Waals surface area contributed by atoms with Gasteiger partial charge in [-0.05, 0) is 54.2 Å². The van der Waals surface area contributed by atoms with Crippen molar-refractivity contribution in [3.63, 3.8) is 0 Å². The Balaban J connectivity index is 1.98. The van der Waals surface area contributed by atoms with Crippen molar-refractivity contribution in [1.29, 1.82) is 0 Å². The van der Waals surface area contributed by atoms with E-state index in [1.807, 2.05) is 0 Å². The summed E-state index contributed by atoms with van der Waals surface area (Å²) < 4.78 is 43.3. The highest BCUT2D eigenvalue weighted by atomic mass is 35.5. The minimum Gasteiger partial charge on any atom is -0.497 e. The highest BCUT2D eigenvalue weighted by Gasteiger charge is 2.31. The first-order chi connectivity index (χ1) is 12.7. The summed E-state index contributed by atoms with van der Waals surface area (Å²) in [5, 5.41) is 4.68. The second kappa shape index (κ2) is 8.88. The SMILES string of the molecule is COc1ccc(/C=C/C(=O)NC(=S)Nc2cc(C(F)(F)F)ccc2Cl)cc1. The molecular weight excluding hydrogens is 401 g/mol. The van der Waals surface area contributed by atoms with Crippen LogP contribution in [-0.2, 0) is 11.0 Å². The highest BCUT2D eigenvalue weighted by Crippen LogP contribution is 2.33. The average Bonchev–Trinajstić information content (AvgIpc) is 2.61. The fourth-order valence-corrected chi connectivity index (χ4v) is 2.37. The molecule has 2 rings (SSSR count). The Morgan fingerprint density at radius 1 is 1.19 bits per heavy atom. The number of benzene rings is 2. The molecule has 4 nitrogen and oxygen atoms in total. The molecule has 0 bridgehead atoms. The molecule has 0 atom stereocenters. The zero-order valence-corrected chi connectivity index (χ0v) is 15.5. The van der Waals surface area contributed by atoms with E-state index in [9.17, 15) is 18.0 Å². The minimum absolute atomic E-state index is 0.0355. The number of halogens is 4. The van der Waals surface area contributed by atoms with Crippen molar-refractivity contribution < 1.29 is 22.7 Å². The van der Waals surface area contributed by atoms with Crippen LogP contribution in [0.1, 0.15) is 11.1 Å². The van der Waals surface area contributed by atoms with Crippen molar-refractivity contribution in [2.24, 2.45) is 0 Å². The summed E-state index contributed by atoms with van der Waals surface area (Å²) in [7, 11) is 1.54. The van der Waals surface area contributed by atoms with Crippen LogP contribution in [0.4, 0.5) is 18.9 Å². The lowest BCUT2D eigenvalue weighted by molar-refractivity contribution is -0.137. The molecule has 0 aliphatic carbocycles. The van der Waals surface area contributed by atoms with E-state index < -0.39 is 17.6 Å². The predicted octanol–water partition coefficient (Wildman–Crippen LogP) is 4.89. The molecule has 1 amide bonds. The van der Waals surface area contributed by atoms with Crippen molar-refractivity contribution in [3.05, 3.63) is 64.7 Å². The van der Waals surface area contributed by atoms with Gasteiger partial charge in [-0.15, -0.1) is 0 Å². The standard InChI is InChI=1S/C18H14ClF3N2O2S/c1-26-13-6-2-11(3-7-13)4-9-16(25)24-17(27)23-15-10-12(18(20,21)22)5-8-14(15)19/h2-10H,1H3,(H2,23,24,25,27)/b9-4+. The van der Waals surface area contributed by atoms with Crippen LogP contribution in [0, 0.1) is 0 Å². The van der Waals surface area contributed by atoms with Gasteiger partial charge in [0.05, 0.1) is 23.4 Å². The topological polar surface area (TPSA) is 50.4 Å². The Hall–Kier alpha value is -2.58. The molecule has 0 aliphatic rings. The zero-order valence-electron chi connectivity index (χ0n) is 13.9. The maximum Gasteiger partial charge on any atom is 0.416 e. The Labute approximate surface area is 164 Å². The molecule has 27 heavy (non-hydrogen) atoms. The third-order valence-electron chi connectivity index (χ3n) is 3.32. The van der Waals surface area contributed by atoms with Gasteiger partial charge in [0, 0.05) is 6.08 Å². The summed E-state index contributed by atoms with van der Waals surface area (Å²) in [6.45, 7) is 0. The molecule has 0 aromatic heterocycles. The van der Waals surface area contributed by atoms with Crippen LogP contribution in [0.25, 0.3) is 6.08 Å². The first-order valence-electron chi connectivity index (χ1n) is 7.50. The number of alkyl halides is 3. The molecule has 0 saturated carbocycles. The fourth-order valence-electron chi connectivity index (χ4n) is 1.99. The fraction of sp³-hybridized carbons (Fsp3) is 0.111. The number of thiocarbonyl (C=S) groups is 1. The number of anilines is 1. The Morgan fingerprint density at radius 2 is 1.85 bits per heavy atom. The molecular formula is C18H14ClF3N2O2S. The van der Waals surface area contributed by atoms with E-state index in [-0.39, 0.29) is 15.8 Å². The normalized spacial score (nSPS) is 11.3. The number of nitrogens with one attached hydrogen (secondary N) is 2. The van der Waals surface area contributed by atoms with Gasteiger partial charge in [0.15, 0.2) is 5.11 Å². The molecule has 0 fully saturated rings. The Bertz CT molecular complexity index is 868. The highest BCUT2D eigenvalue weighted by molar-refractivity contribution is 7.80. The molecule has 0 radical (unpaired) electrons. The van der Waals surface area contributed by atoms with Crippen LogP contribution in [0.3, 0.4) is 0 Å². The molecule has 2 N–H and O–H groups in total. The number of rotatable bonds is 4. The van der Waals surface area contributed by atoms with Crippen molar-refractivity contribution in [2.45, 2.75) is 6.18 Å². The Morgan fingerprint density at radius 3 is 2.44 bits per heavy atom. The van der Waals surface area contributed by atoms with Gasteiger partial charge in [-0.1, -0.05) is 23.7 Å². The number of methoxy groups -OCH3 is 1. The van der Waals surface area contributed by atoms with Gasteiger partial charge in [-0.2, -0.15) is 13.2 Å². The molecule has 142 valence electrons. The summed E-state index contributed by atoms with van der Waals surface area (Å²) >= 11 is 10.8. The lowest BCUT2D eigenvalue weighted by Crippen LogP contribution is -2.33. The van der Waals surface area contributed by atoms with Gasteiger partial charge in [-0.3, -0.25) is 10.1 Å². The first-order valence-corrected chi connectivity index (χ1v) is 8.28. The number of amides is 1. The maximum absolute atomic E-state index is 12.8. The summed E-state index contributed by atoms with van der Waals surface area (Å²) in [6.07, 6.45) is -1.73. The largest absolute Gasteiger partial charge is 0.497 e. The van der Waals surface area contributed by atoms with Crippen molar-refractivity contribution in [2.75, 3.05) is 12.4 Å². The zero-order chi connectivity index (χ0) is 20.0. The molecule has 0 saturated heterocycles. The molecule has 0 spiro atoms. The predicted molar refractivity (Wildman–Crippen MR) is 103 cm³/mol. The molecule has 2 aromatic carbocycles. The summed E-state index contributed by atoms with van der Waals surface area (Å²) in [5.41, 5.74) is -0.190. The second-order valence-corrected chi connectivity index (χ2v) is 6.06. The number of carbonyl (C=O) groups excluding carboxylic acids is 1. The van der Waals surface area contributed by atoms with Crippen LogP contribution < -0.4 is 15.4 Å². The molecule has 0 aliphatic heterocycles. The van der Waals surface area contributed by atoms with Crippen LogP contribution >= 0.6 is 23.8 Å². The average molecular weight is 415 g/mol. The van der Waals surface area contributed by atoms with E-state index >= 15 is 0 Å². The lowest BCUT2D eigenvalue weighted by Gasteiger charge is -2.13. The molecule has 2 aromatic rings. The van der Waals surface area contributed by atoms with Crippen LogP contribution in [0.2, 0.25) is 5.02 Å². The smallest absolute Gasteiger partial charge is 0.416 e. The number of hydrogen-bond donors (Lipinski definition) is 2. The van der Waals surface area contributed by atoms with Gasteiger partial charge in [-0.25, -0.2) is 0 Å². The first kappa shape index (κ1) is 20.7. The lowest BCUT2D eigenvalue weighted by atomic mass is 10.2. The van der Waals surface area contributed by atoms with E-state index in [4.69, 9.17) is 28.6 Å². The molecule has 9 heteroatoms. The molecule has 0 heterocycles. The Kier molecular flexibility index (Phi) is 6.81. The number of ether oxygens (including phenoxy) is 1. The summed E-state index contributed by atoms with van der Waals surface area (Å²) in [6, 6.07) is 9.74. The van der Waals surface area contributed by atoms with E-state index in [0.29, 0.717) is 5.75 Å². The van der Waals surface area contributed by atoms with Crippen LogP contribution in [0.15, 0.2) is 48.5 Å². The van der Waals surface area contributed by atoms with Crippen LogP contribution in [-0.4, -0.2) is 18.1 Å². The van der Waals surface area contributed by atoms with E-state index in [0.717, 1.165) is 23.8 Å². The van der Waals surface area contributed by atoms with E-state index in [2.05, 4.69) is 10.6 Å². The van der Waals surface area contributed by atoms with Crippen molar-refractivity contribution in [3.8, 4) is 5.75 Å². The monoisotopic (exact) mass is 414 g/mol. The quantitative estimate of drug-likeness (QED) is 0.552. The molecule has 0 unspecified atom stereocenters. The minimum atomic E-state index is -4.52. The number of hydrogen-bond acceptors (Lipinski definition) is 3. The van der Waals surface area contributed by atoms with Crippen molar-refractivity contribution in [1.82, 2.24) is 5.32 Å². The summed E-state index contributed by atoms with van der Waals surface area (Å²) in [4.78, 5) is 11.9. The maximum atomic E-state index is 12.8. The third-order valence-corrected chi connectivity index (χ3v) is 3.86. The van der Waals surface area contributed by atoms with Crippen LogP contribution in [0.5, 0.6) is 5.75 Å². The number of carbonyl (C=O) groups is 1. The van der Waals surface area contributed by atoms with Gasteiger partial charge < -0.3 is 10.1 Å². The van der Waals surface area contributed by atoms with E-state index in [1.165, 1.54) is 6.08 Å². The van der Waals surface area contributed by atoms with Gasteiger partial charge in [0.1, 0.15) is 5.75 Å². The van der Waals surface area contributed by atoms with Gasteiger partial charge >= 0.3 is 6.18 Å². The van der Waals surface area contributed by atoms with Gasteiger partial charge in [0.25, 0.3) is 0 Å². The van der Waals surface area contributed by atoms with Crippen molar-refractivity contribution >= 4 is 46.6 Å². The van der Waals surface area contributed by atoms with Gasteiger partial charge in [0.2, 0.25) is 5.91 Å². The third kappa shape index (κ3) is 6.26. The second-order valence-electron chi connectivity index (χ2n) is 5.24. The summed E-state index contributed by atoms with van der Waals surface area (Å²) in [5.74, 6) is 0.131. The van der Waals surface area contributed by atoms with E-state index in [1.54, 1.807) is 37.5 Å².